The fourth-order valence-electron chi connectivity index (χ4n) is 4.93. The van der Waals surface area contributed by atoms with Gasteiger partial charge in [0.1, 0.15) is 21.9 Å². The van der Waals surface area contributed by atoms with Crippen molar-refractivity contribution in [3.05, 3.63) is 88.1 Å². The van der Waals surface area contributed by atoms with E-state index in [9.17, 15) is 14.7 Å². The molecule has 1 aliphatic rings. The number of nitrogens with zero attached hydrogens (tertiary/aromatic N) is 4. The van der Waals surface area contributed by atoms with E-state index in [1.807, 2.05) is 37.3 Å². The molecule has 1 amide bonds. The van der Waals surface area contributed by atoms with Crippen LogP contribution >= 0.6 is 11.3 Å². The van der Waals surface area contributed by atoms with E-state index in [1.165, 1.54) is 22.0 Å². The number of thiophene rings is 1. The van der Waals surface area contributed by atoms with Crippen molar-refractivity contribution >= 4 is 44.3 Å². The number of nitrogens with one attached hydrogen (secondary N) is 1. The van der Waals surface area contributed by atoms with Gasteiger partial charge in [-0.25, -0.2) is 14.8 Å². The van der Waals surface area contributed by atoms with Gasteiger partial charge in [0, 0.05) is 24.6 Å². The van der Waals surface area contributed by atoms with Crippen LogP contribution in [-0.2, 0) is 9.53 Å². The van der Waals surface area contributed by atoms with Crippen molar-refractivity contribution in [3.63, 3.8) is 0 Å². The van der Waals surface area contributed by atoms with Gasteiger partial charge in [-0.1, -0.05) is 47.1 Å². The second-order valence-electron chi connectivity index (χ2n) is 9.51. The summed E-state index contributed by atoms with van der Waals surface area (Å²) in [5.41, 5.74) is 1.84. The first-order valence-electron chi connectivity index (χ1n) is 12.7. The van der Waals surface area contributed by atoms with Crippen molar-refractivity contribution in [1.29, 1.82) is 0 Å². The van der Waals surface area contributed by atoms with Gasteiger partial charge in [0.25, 0.3) is 0 Å². The zero-order valence-corrected chi connectivity index (χ0v) is 22.4. The number of carbonyl (C=O) groups excluding carboxylic acids is 1. The first-order valence-corrected chi connectivity index (χ1v) is 13.5. The lowest BCUT2D eigenvalue weighted by atomic mass is 9.98. The third-order valence-electron chi connectivity index (χ3n) is 6.88. The second-order valence-corrected chi connectivity index (χ2v) is 10.5. The van der Waals surface area contributed by atoms with Crippen LogP contribution in [0.3, 0.4) is 0 Å². The molecule has 6 rings (SSSR count). The van der Waals surface area contributed by atoms with Gasteiger partial charge < -0.3 is 19.9 Å². The van der Waals surface area contributed by atoms with Crippen LogP contribution in [0.15, 0.2) is 72.3 Å². The van der Waals surface area contributed by atoms with Crippen LogP contribution in [0.2, 0.25) is 0 Å². The summed E-state index contributed by atoms with van der Waals surface area (Å²) in [6, 6.07) is 12.6. The molecule has 0 aliphatic carbocycles. The van der Waals surface area contributed by atoms with E-state index in [0.717, 1.165) is 5.56 Å². The number of pyridine rings is 2. The molecule has 2 atom stereocenters. The van der Waals surface area contributed by atoms with Gasteiger partial charge in [-0.2, -0.15) is 4.98 Å². The van der Waals surface area contributed by atoms with E-state index in [2.05, 4.69) is 26.8 Å². The number of para-hydroxylation sites is 1. The molecule has 5 aromatic rings. The van der Waals surface area contributed by atoms with E-state index in [0.29, 0.717) is 56.3 Å². The molecule has 10 nitrogen and oxygen atoms in total. The largest absolute Gasteiger partial charge is 0.511 e. The van der Waals surface area contributed by atoms with Gasteiger partial charge in [-0.3, -0.25) is 9.36 Å². The minimum Gasteiger partial charge on any atom is -0.511 e. The number of aliphatic hydroxyl groups excluding tert-OH is 1. The minimum absolute atomic E-state index is 0. The Labute approximate surface area is 254 Å². The Morgan fingerprint density at radius 2 is 1.98 bits per heavy atom. The molecule has 0 radical (unpaired) electrons. The van der Waals surface area contributed by atoms with Crippen molar-refractivity contribution in [1.82, 2.24) is 24.8 Å². The molecule has 11 heteroatoms. The molecule has 2 N–H and O–H groups in total. The number of carbonyl (C=O) groups is 1. The second kappa shape index (κ2) is 13.6. The first-order chi connectivity index (χ1) is 19.4. The minimum atomic E-state index is -0.505. The number of aromatic nitrogens is 4. The maximum Gasteiger partial charge on any atom is 0.353 e. The van der Waals surface area contributed by atoms with Gasteiger partial charge in [0.15, 0.2) is 0 Å². The van der Waals surface area contributed by atoms with Crippen molar-refractivity contribution in [2.24, 2.45) is 5.92 Å². The molecule has 226 valence electrons. The molecule has 43 heavy (non-hydrogen) atoms. The molecule has 0 saturated carbocycles. The third-order valence-corrected chi connectivity index (χ3v) is 8.01. The Morgan fingerprint density at radius 3 is 2.70 bits per heavy atom. The average Bonchev–Trinajstić information content (AvgIpc) is 3.55. The zero-order chi connectivity index (χ0) is 27.8. The van der Waals surface area contributed by atoms with Crippen molar-refractivity contribution in [2.75, 3.05) is 13.2 Å². The Kier molecular flexibility index (Phi) is 10.4. The molecule has 5 heterocycles. The Bertz CT molecular complexity index is 1870. The standard InChI is InChI=1S/C29H25N5O5S.3CH4/c1-3-23(36)32-19-15-38-14-17(19)12-22(35)27-26-25-20(9-10-30-28(25)40-27)34(29(37)33-26)21-13-31-24(11-16(21)2)39-18-7-5-4-6-8-18;;;/h3-11,13,17,19,35H,1,12,14-15H2,2H3,(H,32,36);3*1H4/t17-,19+;;;/m1.../s1. The molecule has 1 saturated heterocycles. The van der Waals surface area contributed by atoms with Crippen LogP contribution in [0.5, 0.6) is 11.6 Å². The summed E-state index contributed by atoms with van der Waals surface area (Å²) < 4.78 is 13.4. The molecular formula is C32H37N5O5S. The number of amides is 1. The fourth-order valence-corrected chi connectivity index (χ4v) is 5.98. The summed E-state index contributed by atoms with van der Waals surface area (Å²) >= 11 is 1.27. The first kappa shape index (κ1) is 32.9. The number of rotatable bonds is 7. The molecular weight excluding hydrogens is 566 g/mol. The number of aryl methyl sites for hydroxylation is 1. The molecule has 0 spiro atoms. The molecule has 1 fully saturated rings. The van der Waals surface area contributed by atoms with Gasteiger partial charge >= 0.3 is 5.69 Å². The van der Waals surface area contributed by atoms with Crippen molar-refractivity contribution < 1.29 is 19.4 Å². The predicted molar refractivity (Wildman–Crippen MR) is 172 cm³/mol. The van der Waals surface area contributed by atoms with E-state index >= 15 is 0 Å². The van der Waals surface area contributed by atoms with Crippen molar-refractivity contribution in [2.45, 2.75) is 41.7 Å². The van der Waals surface area contributed by atoms with Crippen LogP contribution in [-0.4, -0.2) is 49.8 Å². The van der Waals surface area contributed by atoms with E-state index < -0.39 is 5.69 Å². The molecule has 0 bridgehead atoms. The molecule has 1 aromatic carbocycles. The average molecular weight is 604 g/mol. The highest BCUT2D eigenvalue weighted by molar-refractivity contribution is 7.17. The quantitative estimate of drug-likeness (QED) is 0.234. The van der Waals surface area contributed by atoms with Crippen LogP contribution < -0.4 is 20.3 Å². The molecule has 4 aromatic heterocycles. The summed E-state index contributed by atoms with van der Waals surface area (Å²) in [5.74, 6) is 0.700. The Hall–Kier alpha value is -4.61. The van der Waals surface area contributed by atoms with Crippen LogP contribution in [0.1, 0.15) is 34.3 Å². The van der Waals surface area contributed by atoms with Crippen LogP contribution in [0.25, 0.3) is 32.7 Å². The summed E-state index contributed by atoms with van der Waals surface area (Å²) in [6.07, 6.45) is 4.68. The highest BCUT2D eigenvalue weighted by atomic mass is 32.1. The van der Waals surface area contributed by atoms with Crippen LogP contribution in [0, 0.1) is 12.8 Å². The number of hydrogen-bond donors (Lipinski definition) is 2. The van der Waals surface area contributed by atoms with Gasteiger partial charge in [0.2, 0.25) is 11.8 Å². The lowest BCUT2D eigenvalue weighted by Crippen LogP contribution is -2.39. The highest BCUT2D eigenvalue weighted by Gasteiger charge is 2.30. The predicted octanol–water partition coefficient (Wildman–Crippen LogP) is 5.49. The van der Waals surface area contributed by atoms with Gasteiger partial charge in [-0.15, -0.1) is 11.3 Å². The monoisotopic (exact) mass is 603 g/mol. The lowest BCUT2D eigenvalue weighted by Gasteiger charge is -2.17. The number of ether oxygens (including phenoxy) is 2. The summed E-state index contributed by atoms with van der Waals surface area (Å²) in [7, 11) is 0. The number of benzene rings is 1. The lowest BCUT2D eigenvalue weighted by molar-refractivity contribution is -0.117. The maximum absolute atomic E-state index is 13.5. The normalized spacial score (nSPS) is 16.5. The van der Waals surface area contributed by atoms with E-state index in [-0.39, 0.29) is 52.3 Å². The molecule has 1 aliphatic heterocycles. The SMILES string of the molecule is C.C.C.C=CC(=O)N[C@H]1COC[C@H]1CC(O)=c1sc2nccc3c2c1nc(=O)n3-c1cnc(Oc2ccccc2)cc1C. The molecule has 0 unspecified atom stereocenters. The van der Waals surface area contributed by atoms with Crippen molar-refractivity contribution in [3.8, 4) is 17.3 Å². The Balaban J connectivity index is 0.00000169. The maximum atomic E-state index is 13.5. The fraction of sp³-hybridized carbons (Fsp3) is 0.281. The summed E-state index contributed by atoms with van der Waals surface area (Å²) in [5, 5.41) is 14.7. The smallest absolute Gasteiger partial charge is 0.353 e. The van der Waals surface area contributed by atoms with E-state index in [1.54, 1.807) is 24.5 Å². The zero-order valence-electron chi connectivity index (χ0n) is 21.5. The topological polar surface area (TPSA) is 128 Å². The van der Waals surface area contributed by atoms with Crippen LogP contribution in [0.4, 0.5) is 0 Å². The Morgan fingerprint density at radius 1 is 1.21 bits per heavy atom. The summed E-state index contributed by atoms with van der Waals surface area (Å²) in [6.45, 7) is 6.10. The van der Waals surface area contributed by atoms with Gasteiger partial charge in [-0.05, 0) is 36.8 Å². The van der Waals surface area contributed by atoms with Gasteiger partial charge in [0.05, 0.1) is 46.6 Å². The third kappa shape index (κ3) is 6.27. The number of aliphatic hydroxyl groups is 1. The van der Waals surface area contributed by atoms with E-state index in [4.69, 9.17) is 9.47 Å². The summed E-state index contributed by atoms with van der Waals surface area (Å²) in [4.78, 5) is 39.2. The highest BCUT2D eigenvalue weighted by Crippen LogP contribution is 2.29. The number of hydrogen-bond acceptors (Lipinski definition) is 9.